The molecule has 0 spiro atoms. The molecule has 0 atom stereocenters. The second kappa shape index (κ2) is 8.80. The molecular formula is C26H22N2O7S. The van der Waals surface area contributed by atoms with Gasteiger partial charge < -0.3 is 28.7 Å². The van der Waals surface area contributed by atoms with E-state index in [4.69, 9.17) is 23.4 Å². The Labute approximate surface area is 207 Å². The summed E-state index contributed by atoms with van der Waals surface area (Å²) < 4.78 is 55.3. The fourth-order valence-corrected chi connectivity index (χ4v) is 5.33. The Morgan fingerprint density at radius 3 is 2.47 bits per heavy atom. The number of nitrogens with zero attached hydrogens (tertiary/aromatic N) is 1. The van der Waals surface area contributed by atoms with Gasteiger partial charge in [0.2, 0.25) is 33.4 Å². The third-order valence-corrected chi connectivity index (χ3v) is 7.49. The lowest BCUT2D eigenvalue weighted by molar-refractivity contribution is 0.171. The fourth-order valence-electron chi connectivity index (χ4n) is 4.04. The Balaban J connectivity index is 1.38. The zero-order chi connectivity index (χ0) is 24.7. The van der Waals surface area contributed by atoms with Crippen LogP contribution in [0.4, 0.5) is 5.88 Å². The smallest absolute Gasteiger partial charge is 0.234 e. The molecule has 4 aromatic rings. The van der Waals surface area contributed by atoms with E-state index >= 15 is 0 Å². The van der Waals surface area contributed by atoms with Gasteiger partial charge in [-0.15, -0.1) is 0 Å². The predicted molar refractivity (Wildman–Crippen MR) is 129 cm³/mol. The molecule has 1 aromatic heterocycles. The molecule has 3 aromatic carbocycles. The molecule has 9 nitrogen and oxygen atoms in total. The third-order valence-electron chi connectivity index (χ3n) is 5.83. The monoisotopic (exact) mass is 506 g/mol. The zero-order valence-corrected chi connectivity index (χ0v) is 20.1. The summed E-state index contributed by atoms with van der Waals surface area (Å²) in [6, 6.07) is 17.5. The molecule has 1 N–H and O–H groups in total. The number of anilines is 1. The largest absolute Gasteiger partial charge is 0.486 e. The quantitative estimate of drug-likeness (QED) is 0.401. The maximum absolute atomic E-state index is 13.7. The average Bonchev–Trinajstić information content (AvgIpc) is 3.54. The Morgan fingerprint density at radius 2 is 1.61 bits per heavy atom. The van der Waals surface area contributed by atoms with Gasteiger partial charge in [-0.25, -0.2) is 8.42 Å². The number of benzene rings is 3. The van der Waals surface area contributed by atoms with Crippen molar-refractivity contribution in [2.45, 2.75) is 23.4 Å². The summed E-state index contributed by atoms with van der Waals surface area (Å²) in [5.74, 6) is 2.42. The van der Waals surface area contributed by atoms with Gasteiger partial charge in [0.25, 0.3) is 0 Å². The number of hydrogen-bond donors (Lipinski definition) is 1. The van der Waals surface area contributed by atoms with E-state index in [1.807, 2.05) is 49.4 Å². The van der Waals surface area contributed by atoms with Gasteiger partial charge in [0, 0.05) is 18.2 Å². The van der Waals surface area contributed by atoms with Crippen LogP contribution >= 0.6 is 0 Å². The first kappa shape index (κ1) is 22.3. The third kappa shape index (κ3) is 4.09. The summed E-state index contributed by atoms with van der Waals surface area (Å²) in [6.45, 7) is 3.16. The lowest BCUT2D eigenvalue weighted by Gasteiger charge is -2.18. The lowest BCUT2D eigenvalue weighted by atomic mass is 10.1. The van der Waals surface area contributed by atoms with Crippen molar-refractivity contribution in [3.63, 3.8) is 0 Å². The van der Waals surface area contributed by atoms with Gasteiger partial charge in [-0.2, -0.15) is 4.98 Å². The van der Waals surface area contributed by atoms with E-state index in [2.05, 4.69) is 10.3 Å². The minimum Gasteiger partial charge on any atom is -0.486 e. The molecule has 3 heterocycles. The van der Waals surface area contributed by atoms with Crippen LogP contribution in [0.1, 0.15) is 11.1 Å². The number of oxazole rings is 1. The molecule has 0 radical (unpaired) electrons. The predicted octanol–water partition coefficient (Wildman–Crippen LogP) is 4.59. The highest BCUT2D eigenvalue weighted by Crippen LogP contribution is 2.38. The van der Waals surface area contributed by atoms with Crippen LogP contribution in [0.5, 0.6) is 23.0 Å². The van der Waals surface area contributed by atoms with E-state index in [1.165, 1.54) is 12.1 Å². The molecule has 0 fully saturated rings. The Bertz CT molecular complexity index is 1560. The summed E-state index contributed by atoms with van der Waals surface area (Å²) in [7, 11) is -4.06. The molecule has 0 amide bonds. The second-order valence-electron chi connectivity index (χ2n) is 8.37. The Hall–Kier alpha value is -4.18. The Morgan fingerprint density at radius 1 is 0.861 bits per heavy atom. The number of aromatic nitrogens is 1. The van der Waals surface area contributed by atoms with Crippen LogP contribution in [-0.2, 0) is 16.4 Å². The van der Waals surface area contributed by atoms with Crippen LogP contribution in [0, 0.1) is 6.92 Å². The van der Waals surface area contributed by atoms with Crippen molar-refractivity contribution < 1.29 is 31.8 Å². The molecule has 0 saturated heterocycles. The topological polar surface area (TPSA) is 109 Å². The van der Waals surface area contributed by atoms with Gasteiger partial charge >= 0.3 is 0 Å². The van der Waals surface area contributed by atoms with Crippen molar-refractivity contribution in [2.75, 3.05) is 25.3 Å². The van der Waals surface area contributed by atoms with Crippen molar-refractivity contribution >= 4 is 15.7 Å². The Kier molecular flexibility index (Phi) is 5.45. The summed E-state index contributed by atoms with van der Waals surface area (Å²) in [5.41, 5.74) is 2.52. The number of rotatable bonds is 6. The molecule has 0 saturated carbocycles. The molecule has 2 aliphatic heterocycles. The van der Waals surface area contributed by atoms with E-state index < -0.39 is 9.84 Å². The van der Waals surface area contributed by atoms with Gasteiger partial charge in [-0.1, -0.05) is 23.8 Å². The van der Waals surface area contributed by atoms with Crippen LogP contribution in [0.2, 0.25) is 0 Å². The minimum absolute atomic E-state index is 0.0296. The lowest BCUT2D eigenvalue weighted by Crippen LogP contribution is -2.16. The highest BCUT2D eigenvalue weighted by molar-refractivity contribution is 7.91. The highest BCUT2D eigenvalue weighted by atomic mass is 32.2. The molecule has 0 aliphatic carbocycles. The SMILES string of the molecule is Cc1cccc(-c2nc(S(=O)(=O)c3ccc4c(c3)OCCO4)c(NCc3ccc4c(c3)OCO4)o2)c1. The van der Waals surface area contributed by atoms with Gasteiger partial charge in [0.1, 0.15) is 13.2 Å². The highest BCUT2D eigenvalue weighted by Gasteiger charge is 2.30. The summed E-state index contributed by atoms with van der Waals surface area (Å²) in [4.78, 5) is 4.45. The van der Waals surface area contributed by atoms with Crippen molar-refractivity contribution in [3.05, 3.63) is 71.8 Å². The first-order valence-electron chi connectivity index (χ1n) is 11.3. The van der Waals surface area contributed by atoms with Gasteiger partial charge in [-0.3, -0.25) is 0 Å². The maximum Gasteiger partial charge on any atom is 0.234 e. The van der Waals surface area contributed by atoms with Crippen molar-refractivity contribution in [1.29, 1.82) is 0 Å². The molecule has 2 aliphatic rings. The van der Waals surface area contributed by atoms with Crippen molar-refractivity contribution in [2.24, 2.45) is 0 Å². The van der Waals surface area contributed by atoms with Crippen LogP contribution in [0.25, 0.3) is 11.5 Å². The van der Waals surface area contributed by atoms with Crippen LogP contribution < -0.4 is 24.3 Å². The molecular weight excluding hydrogens is 484 g/mol. The average molecular weight is 507 g/mol. The normalized spacial score (nSPS) is 14.0. The molecule has 0 unspecified atom stereocenters. The van der Waals surface area contributed by atoms with Gasteiger partial charge in [-0.05, 0) is 48.9 Å². The van der Waals surface area contributed by atoms with E-state index in [0.717, 1.165) is 11.1 Å². The molecule has 6 rings (SSSR count). The second-order valence-corrected chi connectivity index (χ2v) is 10.2. The molecule has 184 valence electrons. The van der Waals surface area contributed by atoms with Gasteiger partial charge in [0.05, 0.1) is 4.90 Å². The number of nitrogens with one attached hydrogen (secondary N) is 1. The van der Waals surface area contributed by atoms with Crippen molar-refractivity contribution in [1.82, 2.24) is 4.98 Å². The summed E-state index contributed by atoms with van der Waals surface area (Å²) >= 11 is 0. The number of hydrogen-bond acceptors (Lipinski definition) is 9. The van der Waals surface area contributed by atoms with Crippen LogP contribution in [-0.4, -0.2) is 33.4 Å². The van der Waals surface area contributed by atoms with Gasteiger partial charge in [0.15, 0.2) is 23.0 Å². The first-order valence-corrected chi connectivity index (χ1v) is 12.8. The van der Waals surface area contributed by atoms with E-state index in [0.29, 0.717) is 41.8 Å². The number of aryl methyl sites for hydroxylation is 1. The zero-order valence-electron chi connectivity index (χ0n) is 19.3. The number of fused-ring (bicyclic) bond motifs is 2. The van der Waals surface area contributed by atoms with E-state index in [-0.39, 0.29) is 35.0 Å². The van der Waals surface area contributed by atoms with E-state index in [9.17, 15) is 8.42 Å². The number of sulfone groups is 1. The van der Waals surface area contributed by atoms with E-state index in [1.54, 1.807) is 6.07 Å². The number of ether oxygens (including phenoxy) is 4. The standard InChI is InChI=1S/C26H22N2O7S/c1-16-3-2-4-18(11-16)24-28-26(36(29,30)19-6-8-20-23(13-19)32-10-9-31-20)25(35-24)27-14-17-5-7-21-22(12-17)34-15-33-21/h2-8,11-13,27H,9-10,14-15H2,1H3. The molecule has 0 bridgehead atoms. The molecule has 10 heteroatoms. The van der Waals surface area contributed by atoms with Crippen LogP contribution in [0.3, 0.4) is 0 Å². The minimum atomic E-state index is -4.06. The summed E-state index contributed by atoms with van der Waals surface area (Å²) in [6.07, 6.45) is 0. The summed E-state index contributed by atoms with van der Waals surface area (Å²) in [5, 5.41) is 2.89. The van der Waals surface area contributed by atoms with Crippen LogP contribution in [0.15, 0.2) is 75.0 Å². The fraction of sp³-hybridized carbons (Fsp3) is 0.192. The first-order chi connectivity index (χ1) is 17.5. The molecule has 36 heavy (non-hydrogen) atoms. The van der Waals surface area contributed by atoms with Crippen molar-refractivity contribution in [3.8, 4) is 34.5 Å². The maximum atomic E-state index is 13.7.